The Morgan fingerprint density at radius 1 is 1.53 bits per heavy atom. The summed E-state index contributed by atoms with van der Waals surface area (Å²) in [5.74, 6) is -0.294. The Morgan fingerprint density at radius 3 is 2.88 bits per heavy atom. The largest absolute Gasteiger partial charge is 0.410 e. The van der Waals surface area contributed by atoms with Crippen LogP contribution in [0.25, 0.3) is 0 Å². The molecule has 0 saturated carbocycles. The molecule has 2 heterocycles. The summed E-state index contributed by atoms with van der Waals surface area (Å²) in [6.07, 6.45) is 2.63. The lowest BCUT2D eigenvalue weighted by Crippen LogP contribution is -2.07. The first kappa shape index (κ1) is 11.4. The van der Waals surface area contributed by atoms with Gasteiger partial charge in [0, 0.05) is 17.5 Å². The molecule has 2 rings (SSSR count). The Balaban J connectivity index is 2.22. The van der Waals surface area contributed by atoms with Gasteiger partial charge in [0.15, 0.2) is 6.20 Å². The van der Waals surface area contributed by atoms with Crippen LogP contribution in [0.1, 0.15) is 11.3 Å². The molecule has 8 nitrogen and oxygen atoms in total. The fraction of sp³-hybridized carbons (Fsp3) is 0.250. The van der Waals surface area contributed by atoms with Gasteiger partial charge in [-0.15, -0.1) is 5.10 Å². The summed E-state index contributed by atoms with van der Waals surface area (Å²) in [6.45, 7) is 2.03. The predicted molar refractivity (Wildman–Crippen MR) is 57.6 cm³/mol. The number of rotatable bonds is 3. The van der Waals surface area contributed by atoms with Crippen molar-refractivity contribution in [2.24, 2.45) is 0 Å². The van der Waals surface area contributed by atoms with Crippen molar-refractivity contribution in [3.05, 3.63) is 39.0 Å². The zero-order chi connectivity index (χ0) is 12.4. The van der Waals surface area contributed by atoms with Crippen molar-refractivity contribution in [3.63, 3.8) is 0 Å². The molecule has 17 heavy (non-hydrogen) atoms. The molecule has 0 saturated heterocycles. The lowest BCUT2D eigenvalue weighted by molar-refractivity contribution is -0.389. The van der Waals surface area contributed by atoms with Gasteiger partial charge < -0.3 is 10.1 Å². The highest BCUT2D eigenvalue weighted by Gasteiger charge is 2.13. The molecule has 0 aliphatic carbocycles. The van der Waals surface area contributed by atoms with Crippen LogP contribution in [0.2, 0.25) is 5.28 Å². The van der Waals surface area contributed by atoms with E-state index in [2.05, 4.69) is 20.2 Å². The molecular formula is C8H7ClN6O2. The number of hydrogen-bond acceptors (Lipinski definition) is 6. The zero-order valence-electron chi connectivity index (χ0n) is 8.74. The van der Waals surface area contributed by atoms with Crippen LogP contribution in [-0.2, 0) is 6.54 Å². The predicted octanol–water partition coefficient (Wildman–Crippen LogP) is 0.986. The third-order valence-electron chi connectivity index (χ3n) is 2.07. The van der Waals surface area contributed by atoms with E-state index in [1.54, 1.807) is 13.1 Å². The van der Waals surface area contributed by atoms with E-state index in [1.807, 2.05) is 0 Å². The van der Waals surface area contributed by atoms with Crippen LogP contribution < -0.4 is 0 Å². The lowest BCUT2D eigenvalue weighted by atomic mass is 10.2. The average Bonchev–Trinajstić information content (AvgIpc) is 2.71. The monoisotopic (exact) mass is 254 g/mol. The van der Waals surface area contributed by atoms with Crippen molar-refractivity contribution in [3.8, 4) is 0 Å². The molecule has 0 fully saturated rings. The van der Waals surface area contributed by atoms with Gasteiger partial charge in [0.2, 0.25) is 5.28 Å². The number of nitrogens with zero attached hydrogens (tertiary/aromatic N) is 6. The van der Waals surface area contributed by atoms with Crippen molar-refractivity contribution in [2.45, 2.75) is 13.5 Å². The number of halogens is 1. The van der Waals surface area contributed by atoms with Crippen LogP contribution in [-0.4, -0.2) is 29.9 Å². The first-order valence-corrected chi connectivity index (χ1v) is 4.96. The van der Waals surface area contributed by atoms with Crippen LogP contribution in [0, 0.1) is 17.0 Å². The number of aromatic nitrogens is 5. The highest BCUT2D eigenvalue weighted by Crippen LogP contribution is 2.09. The smallest absolute Gasteiger partial charge is 0.358 e. The molecule has 2 aromatic rings. The van der Waals surface area contributed by atoms with Crippen LogP contribution >= 0.6 is 11.6 Å². The maximum atomic E-state index is 10.4. The lowest BCUT2D eigenvalue weighted by Gasteiger charge is -2.01. The van der Waals surface area contributed by atoms with E-state index in [-0.39, 0.29) is 17.6 Å². The first-order valence-electron chi connectivity index (χ1n) is 4.59. The SMILES string of the molecule is Cc1nc(Cl)ncc1Cn1ncc([N+](=O)[O-])n1. The highest BCUT2D eigenvalue weighted by molar-refractivity contribution is 6.28. The van der Waals surface area contributed by atoms with Gasteiger partial charge in [-0.2, -0.15) is 0 Å². The normalized spacial score (nSPS) is 10.5. The second-order valence-electron chi connectivity index (χ2n) is 3.24. The molecule has 88 valence electrons. The number of hydrogen-bond donors (Lipinski definition) is 0. The Morgan fingerprint density at radius 2 is 2.29 bits per heavy atom. The van der Waals surface area contributed by atoms with Crippen molar-refractivity contribution in [1.29, 1.82) is 0 Å². The van der Waals surface area contributed by atoms with Gasteiger partial charge in [0.05, 0.1) is 5.10 Å². The molecule has 0 radical (unpaired) electrons. The third-order valence-corrected chi connectivity index (χ3v) is 2.26. The fourth-order valence-electron chi connectivity index (χ4n) is 1.22. The Bertz CT molecular complexity index is 569. The number of nitro groups is 1. The Hall–Kier alpha value is -2.09. The topological polar surface area (TPSA) is 99.6 Å². The molecule has 0 aromatic carbocycles. The minimum Gasteiger partial charge on any atom is -0.358 e. The molecule has 0 bridgehead atoms. The molecule has 0 amide bonds. The molecule has 0 spiro atoms. The molecule has 0 N–H and O–H groups in total. The van der Waals surface area contributed by atoms with Gasteiger partial charge >= 0.3 is 5.82 Å². The second-order valence-corrected chi connectivity index (χ2v) is 3.58. The summed E-state index contributed by atoms with van der Waals surface area (Å²) in [5, 5.41) is 18.0. The van der Waals surface area contributed by atoms with E-state index in [9.17, 15) is 10.1 Å². The van der Waals surface area contributed by atoms with Crippen molar-refractivity contribution < 1.29 is 4.92 Å². The Kier molecular flexibility index (Phi) is 2.96. The van der Waals surface area contributed by atoms with E-state index >= 15 is 0 Å². The highest BCUT2D eigenvalue weighted by atomic mass is 35.5. The van der Waals surface area contributed by atoms with Gasteiger partial charge in [0.1, 0.15) is 6.54 Å². The van der Waals surface area contributed by atoms with Gasteiger partial charge in [-0.25, -0.2) is 9.97 Å². The Labute approximate surface area is 100 Å². The second kappa shape index (κ2) is 4.42. The molecule has 2 aromatic heterocycles. The van der Waals surface area contributed by atoms with Gasteiger partial charge in [-0.1, -0.05) is 4.80 Å². The average molecular weight is 255 g/mol. The van der Waals surface area contributed by atoms with Crippen LogP contribution in [0.5, 0.6) is 0 Å². The summed E-state index contributed by atoms with van der Waals surface area (Å²) in [6, 6.07) is 0. The first-order chi connectivity index (χ1) is 8.06. The van der Waals surface area contributed by atoms with Gasteiger partial charge in [-0.3, -0.25) is 0 Å². The fourth-order valence-corrected chi connectivity index (χ4v) is 1.39. The van der Waals surface area contributed by atoms with Crippen LogP contribution in [0.3, 0.4) is 0 Å². The molecule has 0 aliphatic rings. The summed E-state index contributed by atoms with van der Waals surface area (Å²) >= 11 is 5.62. The van der Waals surface area contributed by atoms with Crippen molar-refractivity contribution in [1.82, 2.24) is 25.0 Å². The molecule has 0 unspecified atom stereocenters. The van der Waals surface area contributed by atoms with Gasteiger partial charge in [0.25, 0.3) is 0 Å². The molecule has 9 heteroatoms. The molecule has 0 atom stereocenters. The van der Waals surface area contributed by atoms with Crippen molar-refractivity contribution >= 4 is 17.4 Å². The van der Waals surface area contributed by atoms with Crippen LogP contribution in [0.15, 0.2) is 12.4 Å². The summed E-state index contributed by atoms with van der Waals surface area (Å²) in [7, 11) is 0. The van der Waals surface area contributed by atoms with Crippen LogP contribution in [0.4, 0.5) is 5.82 Å². The van der Waals surface area contributed by atoms with E-state index in [4.69, 9.17) is 11.6 Å². The summed E-state index contributed by atoms with van der Waals surface area (Å²) in [4.78, 5) is 18.8. The van der Waals surface area contributed by atoms with E-state index in [0.29, 0.717) is 5.69 Å². The maximum Gasteiger partial charge on any atom is 0.410 e. The van der Waals surface area contributed by atoms with E-state index in [0.717, 1.165) is 11.8 Å². The zero-order valence-corrected chi connectivity index (χ0v) is 9.50. The summed E-state index contributed by atoms with van der Waals surface area (Å²) < 4.78 is 0. The minimum atomic E-state index is -0.602. The minimum absolute atomic E-state index is 0.158. The van der Waals surface area contributed by atoms with Crippen molar-refractivity contribution in [2.75, 3.05) is 0 Å². The van der Waals surface area contributed by atoms with E-state index < -0.39 is 4.92 Å². The maximum absolute atomic E-state index is 10.4. The van der Waals surface area contributed by atoms with E-state index in [1.165, 1.54) is 4.80 Å². The standard InChI is InChI=1S/C8H7ClN6O2/c1-5-6(2-10-8(9)12-5)4-14-11-3-7(13-14)15(16)17/h2-3H,4H2,1H3. The summed E-state index contributed by atoms with van der Waals surface area (Å²) in [5.41, 5.74) is 1.44. The molecule has 0 aliphatic heterocycles. The quantitative estimate of drug-likeness (QED) is 0.460. The number of aryl methyl sites for hydroxylation is 1. The van der Waals surface area contributed by atoms with Gasteiger partial charge in [-0.05, 0) is 23.4 Å². The third kappa shape index (κ3) is 2.53. The molecular weight excluding hydrogens is 248 g/mol.